The van der Waals surface area contributed by atoms with E-state index in [1.54, 1.807) is 48.8 Å². The largest absolute Gasteiger partial charge is 0.326 e. The monoisotopic (exact) mass is 405 g/mol. The Morgan fingerprint density at radius 1 is 0.900 bits per heavy atom. The van der Waals surface area contributed by atoms with Gasteiger partial charge < -0.3 is 10.6 Å². The van der Waals surface area contributed by atoms with Gasteiger partial charge in [0.25, 0.3) is 5.91 Å². The number of rotatable bonds is 5. The van der Waals surface area contributed by atoms with Gasteiger partial charge in [0.2, 0.25) is 11.9 Å². The number of carbonyl (C=O) groups excluding carboxylic acids is 2. The minimum absolute atomic E-state index is 0.193. The topological polar surface area (TPSA) is 95.5 Å². The second kappa shape index (κ2) is 9.92. The van der Waals surface area contributed by atoms with E-state index in [0.29, 0.717) is 23.5 Å². The molecular weight excluding hydrogens is 385 g/mol. The van der Waals surface area contributed by atoms with Crippen LogP contribution in [0.3, 0.4) is 0 Å². The molecule has 0 spiro atoms. The van der Waals surface area contributed by atoms with Crippen LogP contribution in [0, 0.1) is 5.82 Å². The van der Waals surface area contributed by atoms with Crippen LogP contribution in [-0.2, 0) is 11.3 Å². The SMILES string of the molecule is CC(=O)Nc1ccc(C(=O)NC(=NCc2ccncc2)Nc2ccc(F)cc2)cc1. The Bertz CT molecular complexity index is 1040. The van der Waals surface area contributed by atoms with Gasteiger partial charge in [-0.2, -0.15) is 0 Å². The van der Waals surface area contributed by atoms with E-state index in [1.165, 1.54) is 19.1 Å². The van der Waals surface area contributed by atoms with Crippen LogP contribution in [0.15, 0.2) is 78.0 Å². The average molecular weight is 405 g/mol. The first kappa shape index (κ1) is 20.7. The number of benzene rings is 2. The van der Waals surface area contributed by atoms with Crippen molar-refractivity contribution < 1.29 is 14.0 Å². The van der Waals surface area contributed by atoms with Gasteiger partial charge in [-0.05, 0) is 66.2 Å². The predicted octanol–water partition coefficient (Wildman–Crippen LogP) is 3.58. The summed E-state index contributed by atoms with van der Waals surface area (Å²) in [5.74, 6) is -0.720. The highest BCUT2D eigenvalue weighted by molar-refractivity contribution is 6.10. The van der Waals surface area contributed by atoms with Crippen molar-refractivity contribution in [2.45, 2.75) is 13.5 Å². The summed E-state index contributed by atoms with van der Waals surface area (Å²) in [6, 6.07) is 15.8. The average Bonchev–Trinajstić information content (AvgIpc) is 2.74. The molecule has 8 heteroatoms. The molecule has 1 heterocycles. The number of aromatic nitrogens is 1. The molecule has 0 fully saturated rings. The summed E-state index contributed by atoms with van der Waals surface area (Å²) >= 11 is 0. The molecule has 152 valence electrons. The molecule has 3 aromatic rings. The van der Waals surface area contributed by atoms with Gasteiger partial charge in [0.15, 0.2) is 0 Å². The van der Waals surface area contributed by atoms with Crippen LogP contribution in [0.4, 0.5) is 15.8 Å². The quantitative estimate of drug-likeness (QED) is 0.447. The normalized spacial score (nSPS) is 10.9. The Labute approximate surface area is 173 Å². The number of anilines is 2. The zero-order valence-corrected chi connectivity index (χ0v) is 16.2. The van der Waals surface area contributed by atoms with E-state index in [1.807, 2.05) is 12.1 Å². The number of pyridine rings is 1. The predicted molar refractivity (Wildman–Crippen MR) is 114 cm³/mol. The van der Waals surface area contributed by atoms with Crippen LogP contribution >= 0.6 is 0 Å². The highest BCUT2D eigenvalue weighted by Crippen LogP contribution is 2.11. The fourth-order valence-corrected chi connectivity index (χ4v) is 2.53. The number of aliphatic imine (C=N–C) groups is 1. The summed E-state index contributed by atoms with van der Waals surface area (Å²) in [7, 11) is 0. The van der Waals surface area contributed by atoms with E-state index in [2.05, 4.69) is 25.9 Å². The highest BCUT2D eigenvalue weighted by atomic mass is 19.1. The van der Waals surface area contributed by atoms with Gasteiger partial charge in [0, 0.05) is 36.3 Å². The Hall–Kier alpha value is -4.07. The molecular formula is C22H20FN5O2. The Balaban J connectivity index is 1.75. The van der Waals surface area contributed by atoms with Crippen molar-refractivity contribution in [1.82, 2.24) is 10.3 Å². The third-order valence-corrected chi connectivity index (χ3v) is 3.98. The number of guanidine groups is 1. The molecule has 0 saturated heterocycles. The first-order valence-electron chi connectivity index (χ1n) is 9.14. The van der Waals surface area contributed by atoms with Crippen LogP contribution < -0.4 is 16.0 Å². The summed E-state index contributed by atoms with van der Waals surface area (Å²) < 4.78 is 13.2. The molecule has 0 radical (unpaired) electrons. The third kappa shape index (κ3) is 6.23. The summed E-state index contributed by atoms with van der Waals surface area (Å²) in [6.07, 6.45) is 3.32. The molecule has 1 aromatic heterocycles. The zero-order chi connectivity index (χ0) is 21.3. The first-order chi connectivity index (χ1) is 14.5. The van der Waals surface area contributed by atoms with Crippen LogP contribution in [0.5, 0.6) is 0 Å². The summed E-state index contributed by atoms with van der Waals surface area (Å²) in [4.78, 5) is 32.2. The molecule has 30 heavy (non-hydrogen) atoms. The number of nitrogens with one attached hydrogen (secondary N) is 3. The fourth-order valence-electron chi connectivity index (χ4n) is 2.53. The number of amides is 2. The van der Waals surface area contributed by atoms with Crippen LogP contribution in [0.25, 0.3) is 0 Å². The molecule has 2 aromatic carbocycles. The number of nitrogens with zero attached hydrogens (tertiary/aromatic N) is 2. The lowest BCUT2D eigenvalue weighted by Gasteiger charge is -2.12. The highest BCUT2D eigenvalue weighted by Gasteiger charge is 2.10. The smallest absolute Gasteiger partial charge is 0.257 e. The van der Waals surface area contributed by atoms with Crippen molar-refractivity contribution in [1.29, 1.82) is 0 Å². The van der Waals surface area contributed by atoms with Crippen LogP contribution in [0.1, 0.15) is 22.8 Å². The molecule has 2 amide bonds. The lowest BCUT2D eigenvalue weighted by Crippen LogP contribution is -2.36. The summed E-state index contributed by atoms with van der Waals surface area (Å²) in [5, 5.41) is 8.37. The molecule has 0 saturated carbocycles. The second-order valence-corrected chi connectivity index (χ2v) is 6.36. The Morgan fingerprint density at radius 3 is 2.13 bits per heavy atom. The summed E-state index contributed by atoms with van der Waals surface area (Å²) in [5.41, 5.74) is 2.47. The Morgan fingerprint density at radius 2 is 1.50 bits per heavy atom. The molecule has 0 atom stereocenters. The first-order valence-corrected chi connectivity index (χ1v) is 9.14. The molecule has 0 bridgehead atoms. The van der Waals surface area contributed by atoms with Gasteiger partial charge in [-0.25, -0.2) is 9.38 Å². The fraction of sp³-hybridized carbons (Fsp3) is 0.0909. The van der Waals surface area contributed by atoms with Crippen molar-refractivity contribution in [3.05, 3.63) is 90.0 Å². The van der Waals surface area contributed by atoms with Gasteiger partial charge in [-0.3, -0.25) is 19.9 Å². The molecule has 0 unspecified atom stereocenters. The molecule has 0 aliphatic rings. The lowest BCUT2D eigenvalue weighted by molar-refractivity contribution is -0.114. The molecule has 3 N–H and O–H groups in total. The van der Waals surface area contributed by atoms with Crippen LogP contribution in [0.2, 0.25) is 0 Å². The zero-order valence-electron chi connectivity index (χ0n) is 16.2. The van der Waals surface area contributed by atoms with Gasteiger partial charge in [-0.15, -0.1) is 0 Å². The maximum atomic E-state index is 13.2. The number of carbonyl (C=O) groups is 2. The maximum absolute atomic E-state index is 13.2. The van der Waals surface area contributed by atoms with E-state index in [0.717, 1.165) is 5.56 Å². The van der Waals surface area contributed by atoms with Gasteiger partial charge in [0.1, 0.15) is 5.82 Å². The third-order valence-electron chi connectivity index (χ3n) is 3.98. The van der Waals surface area contributed by atoms with Crippen molar-refractivity contribution in [3.63, 3.8) is 0 Å². The Kier molecular flexibility index (Phi) is 6.83. The molecule has 3 rings (SSSR count). The van der Waals surface area contributed by atoms with Crippen molar-refractivity contribution in [2.24, 2.45) is 4.99 Å². The minimum atomic E-state index is -0.382. The van der Waals surface area contributed by atoms with E-state index < -0.39 is 0 Å². The molecule has 0 aliphatic carbocycles. The summed E-state index contributed by atoms with van der Waals surface area (Å²) in [6.45, 7) is 1.72. The maximum Gasteiger partial charge on any atom is 0.257 e. The van der Waals surface area contributed by atoms with Gasteiger partial charge >= 0.3 is 0 Å². The van der Waals surface area contributed by atoms with E-state index >= 15 is 0 Å². The van der Waals surface area contributed by atoms with Gasteiger partial charge in [0.05, 0.1) is 6.54 Å². The van der Waals surface area contributed by atoms with E-state index in [-0.39, 0.29) is 23.6 Å². The minimum Gasteiger partial charge on any atom is -0.326 e. The lowest BCUT2D eigenvalue weighted by atomic mass is 10.2. The standard InChI is InChI=1S/C22H20FN5O2/c1-15(29)26-19-6-2-17(3-7-19)21(30)28-22(25-14-16-10-12-24-13-11-16)27-20-8-4-18(23)5-9-20/h2-13H,14H2,1H3,(H,26,29)(H2,25,27,28,30). The number of hydrogen-bond acceptors (Lipinski definition) is 4. The molecule has 0 aliphatic heterocycles. The number of halogens is 1. The second-order valence-electron chi connectivity index (χ2n) is 6.36. The molecule has 7 nitrogen and oxygen atoms in total. The van der Waals surface area contributed by atoms with Crippen molar-refractivity contribution >= 4 is 29.1 Å². The van der Waals surface area contributed by atoms with Gasteiger partial charge in [-0.1, -0.05) is 0 Å². The van der Waals surface area contributed by atoms with Crippen molar-refractivity contribution in [2.75, 3.05) is 10.6 Å². The van der Waals surface area contributed by atoms with E-state index in [9.17, 15) is 14.0 Å². The van der Waals surface area contributed by atoms with Crippen LogP contribution in [-0.4, -0.2) is 22.8 Å². The number of hydrogen-bond donors (Lipinski definition) is 3. The van der Waals surface area contributed by atoms with E-state index in [4.69, 9.17) is 0 Å². The van der Waals surface area contributed by atoms with Crippen molar-refractivity contribution in [3.8, 4) is 0 Å².